The summed E-state index contributed by atoms with van der Waals surface area (Å²) in [5.41, 5.74) is 2.18. The summed E-state index contributed by atoms with van der Waals surface area (Å²) in [5.74, 6) is 0.524. The van der Waals surface area contributed by atoms with Crippen LogP contribution in [0.2, 0.25) is 0 Å². The number of hydrogen-bond acceptors (Lipinski definition) is 5. The van der Waals surface area contributed by atoms with E-state index < -0.39 is 10.0 Å². The van der Waals surface area contributed by atoms with E-state index in [-0.39, 0.29) is 10.1 Å². The van der Waals surface area contributed by atoms with Crippen LogP contribution in [0, 0.1) is 0 Å². The first-order chi connectivity index (χ1) is 14.4. The van der Waals surface area contributed by atoms with E-state index in [0.717, 1.165) is 12.2 Å². The number of nitrogens with one attached hydrogen (secondary N) is 1. The Kier molecular flexibility index (Phi) is 7.12. The van der Waals surface area contributed by atoms with E-state index in [9.17, 15) is 13.2 Å². The quantitative estimate of drug-likeness (QED) is 0.507. The largest absolute Gasteiger partial charge is 0.492 e. The van der Waals surface area contributed by atoms with Crippen LogP contribution in [0.3, 0.4) is 0 Å². The van der Waals surface area contributed by atoms with Gasteiger partial charge in [-0.1, -0.05) is 25.1 Å². The van der Waals surface area contributed by atoms with Crippen LogP contribution in [0.1, 0.15) is 22.8 Å². The minimum Gasteiger partial charge on any atom is -0.492 e. The first-order valence-corrected chi connectivity index (χ1v) is 11.9. The zero-order valence-corrected chi connectivity index (χ0v) is 18.5. The first-order valence-electron chi connectivity index (χ1n) is 9.54. The van der Waals surface area contributed by atoms with E-state index in [4.69, 9.17) is 4.74 Å². The topological polar surface area (TPSA) is 75.7 Å². The lowest BCUT2D eigenvalue weighted by Crippen LogP contribution is -2.28. The Morgan fingerprint density at radius 3 is 2.37 bits per heavy atom. The van der Waals surface area contributed by atoms with Crippen molar-refractivity contribution in [3.05, 3.63) is 77.2 Å². The molecular weight excluding hydrogens is 420 g/mol. The highest BCUT2D eigenvalue weighted by molar-refractivity contribution is 7.94. The van der Waals surface area contributed by atoms with Crippen molar-refractivity contribution in [3.8, 4) is 5.75 Å². The molecule has 0 unspecified atom stereocenters. The van der Waals surface area contributed by atoms with Gasteiger partial charge in [0.25, 0.3) is 15.9 Å². The number of sulfonamides is 1. The number of carbonyl (C=O) groups is 1. The first kappa shape index (κ1) is 21.9. The van der Waals surface area contributed by atoms with Crippen molar-refractivity contribution in [2.75, 3.05) is 24.5 Å². The fourth-order valence-corrected chi connectivity index (χ4v) is 5.12. The summed E-state index contributed by atoms with van der Waals surface area (Å²) in [7, 11) is -2.10. The maximum atomic E-state index is 12.6. The van der Waals surface area contributed by atoms with Gasteiger partial charge in [0.05, 0.1) is 12.2 Å². The summed E-state index contributed by atoms with van der Waals surface area (Å²) in [4.78, 5) is 12.3. The lowest BCUT2D eigenvalue weighted by molar-refractivity contribution is 0.0947. The van der Waals surface area contributed by atoms with Gasteiger partial charge in [0, 0.05) is 12.6 Å². The molecule has 1 N–H and O–H groups in total. The minimum absolute atomic E-state index is 0.241. The molecule has 1 amide bonds. The third-order valence-electron chi connectivity index (χ3n) is 4.59. The molecule has 0 radical (unpaired) electrons. The molecule has 3 aromatic rings. The summed E-state index contributed by atoms with van der Waals surface area (Å²) in [5, 5.41) is 4.52. The average molecular weight is 445 g/mol. The zero-order chi connectivity index (χ0) is 21.6. The molecule has 0 spiro atoms. The normalized spacial score (nSPS) is 11.1. The van der Waals surface area contributed by atoms with Crippen LogP contribution in [-0.4, -0.2) is 34.5 Å². The van der Waals surface area contributed by atoms with Crippen LogP contribution in [0.5, 0.6) is 5.75 Å². The van der Waals surface area contributed by atoms with Gasteiger partial charge in [0.1, 0.15) is 16.6 Å². The van der Waals surface area contributed by atoms with E-state index >= 15 is 0 Å². The van der Waals surface area contributed by atoms with E-state index in [1.807, 2.05) is 24.3 Å². The van der Waals surface area contributed by atoms with Crippen molar-refractivity contribution < 1.29 is 17.9 Å². The molecule has 3 rings (SSSR count). The molecule has 0 saturated heterocycles. The lowest BCUT2D eigenvalue weighted by atomic mass is 10.2. The molecule has 158 valence electrons. The van der Waals surface area contributed by atoms with Gasteiger partial charge in [0.15, 0.2) is 0 Å². The smallest absolute Gasteiger partial charge is 0.273 e. The maximum Gasteiger partial charge on any atom is 0.273 e. The maximum absolute atomic E-state index is 12.6. The van der Waals surface area contributed by atoms with Crippen LogP contribution in [-0.2, 0) is 16.4 Å². The number of rotatable bonds is 9. The molecule has 1 aromatic heterocycles. The van der Waals surface area contributed by atoms with Crippen molar-refractivity contribution in [2.45, 2.75) is 17.6 Å². The number of hydrogen-bond donors (Lipinski definition) is 1. The van der Waals surface area contributed by atoms with Gasteiger partial charge in [-0.25, -0.2) is 8.42 Å². The molecule has 1 heterocycles. The Hall–Kier alpha value is -2.84. The zero-order valence-electron chi connectivity index (χ0n) is 16.9. The molecule has 0 aliphatic heterocycles. The van der Waals surface area contributed by atoms with Crippen molar-refractivity contribution >= 4 is 33.0 Å². The number of anilines is 1. The van der Waals surface area contributed by atoms with E-state index in [1.165, 1.54) is 28.3 Å². The summed E-state index contributed by atoms with van der Waals surface area (Å²) < 4.78 is 32.3. The third-order valence-corrected chi connectivity index (χ3v) is 7.75. The molecule has 2 aromatic carbocycles. The minimum atomic E-state index is -3.60. The second-order valence-corrected chi connectivity index (χ2v) is 9.70. The Balaban J connectivity index is 1.52. The molecule has 30 heavy (non-hydrogen) atoms. The van der Waals surface area contributed by atoms with Gasteiger partial charge >= 0.3 is 0 Å². The summed E-state index contributed by atoms with van der Waals surface area (Å²) in [6.45, 7) is 2.82. The molecule has 0 aliphatic rings. The summed E-state index contributed by atoms with van der Waals surface area (Å²) in [6.07, 6.45) is 0.977. The van der Waals surface area contributed by atoms with E-state index in [2.05, 4.69) is 12.2 Å². The van der Waals surface area contributed by atoms with Gasteiger partial charge < -0.3 is 10.1 Å². The van der Waals surface area contributed by atoms with Crippen LogP contribution < -0.4 is 14.4 Å². The molecule has 0 fully saturated rings. The van der Waals surface area contributed by atoms with Gasteiger partial charge in [-0.15, -0.1) is 11.3 Å². The number of aryl methyl sites for hydroxylation is 1. The van der Waals surface area contributed by atoms with Crippen LogP contribution >= 0.6 is 11.3 Å². The van der Waals surface area contributed by atoms with Gasteiger partial charge in [-0.3, -0.25) is 9.10 Å². The standard InChI is InChI=1S/C22H24N2O4S2/c1-3-17-6-12-20(13-7-17)28-15-14-23-22(25)18-8-10-19(11-9-18)24(2)30(26,27)21-5-4-16-29-21/h4-13,16H,3,14-15H2,1-2H3,(H,23,25). The highest BCUT2D eigenvalue weighted by Crippen LogP contribution is 2.25. The average Bonchev–Trinajstić information content (AvgIpc) is 3.32. The Morgan fingerprint density at radius 1 is 1.07 bits per heavy atom. The third kappa shape index (κ3) is 5.20. The summed E-state index contributed by atoms with van der Waals surface area (Å²) in [6, 6.07) is 17.6. The SMILES string of the molecule is CCc1ccc(OCCNC(=O)c2ccc(N(C)S(=O)(=O)c3cccs3)cc2)cc1. The van der Waals surface area contributed by atoms with Gasteiger partial charge in [0.2, 0.25) is 0 Å². The van der Waals surface area contributed by atoms with Crippen molar-refractivity contribution in [1.29, 1.82) is 0 Å². The number of amides is 1. The number of carbonyl (C=O) groups excluding carboxylic acids is 1. The Morgan fingerprint density at radius 2 is 1.77 bits per heavy atom. The fourth-order valence-electron chi connectivity index (χ4n) is 2.76. The molecule has 8 heteroatoms. The molecular formula is C22H24N2O4S2. The molecule has 6 nitrogen and oxygen atoms in total. The Labute approximate surface area is 181 Å². The second-order valence-electron chi connectivity index (χ2n) is 6.55. The summed E-state index contributed by atoms with van der Waals surface area (Å²) >= 11 is 1.17. The monoisotopic (exact) mass is 444 g/mol. The van der Waals surface area contributed by atoms with E-state index in [1.54, 1.807) is 41.8 Å². The second kappa shape index (κ2) is 9.77. The highest BCUT2D eigenvalue weighted by atomic mass is 32.2. The van der Waals surface area contributed by atoms with Gasteiger partial charge in [-0.2, -0.15) is 0 Å². The van der Waals surface area contributed by atoms with Crippen molar-refractivity contribution in [3.63, 3.8) is 0 Å². The molecule has 0 atom stereocenters. The lowest BCUT2D eigenvalue weighted by Gasteiger charge is -2.18. The molecule has 0 aliphatic carbocycles. The van der Waals surface area contributed by atoms with Crippen LogP contribution in [0.15, 0.2) is 70.3 Å². The molecule has 0 saturated carbocycles. The number of benzene rings is 2. The number of thiophene rings is 1. The van der Waals surface area contributed by atoms with Crippen molar-refractivity contribution in [2.24, 2.45) is 0 Å². The fraction of sp³-hybridized carbons (Fsp3) is 0.227. The van der Waals surface area contributed by atoms with Crippen molar-refractivity contribution in [1.82, 2.24) is 5.32 Å². The Bertz CT molecular complexity index is 1060. The van der Waals surface area contributed by atoms with Crippen LogP contribution in [0.4, 0.5) is 5.69 Å². The van der Waals surface area contributed by atoms with E-state index in [0.29, 0.717) is 24.4 Å². The molecule has 0 bridgehead atoms. The van der Waals surface area contributed by atoms with Crippen LogP contribution in [0.25, 0.3) is 0 Å². The highest BCUT2D eigenvalue weighted by Gasteiger charge is 2.22. The predicted molar refractivity (Wildman–Crippen MR) is 120 cm³/mol. The number of ether oxygens (including phenoxy) is 1. The predicted octanol–water partition coefficient (Wildman–Crippen LogP) is 3.94. The van der Waals surface area contributed by atoms with Gasteiger partial charge in [-0.05, 0) is 59.8 Å². The number of nitrogens with zero attached hydrogens (tertiary/aromatic N) is 1.